The molecule has 2 fully saturated rings. The first-order chi connectivity index (χ1) is 9.19. The van der Waals surface area contributed by atoms with Gasteiger partial charge in [0.1, 0.15) is 6.07 Å². The van der Waals surface area contributed by atoms with Crippen LogP contribution in [0.4, 0.5) is 16.2 Å². The lowest BCUT2D eigenvalue weighted by Crippen LogP contribution is -2.52. The molecule has 3 rings (SSSR count). The third kappa shape index (κ3) is 1.93. The lowest BCUT2D eigenvalue weighted by atomic mass is 10.1. The molecule has 19 heavy (non-hydrogen) atoms. The van der Waals surface area contributed by atoms with Crippen LogP contribution in [0.2, 0.25) is 0 Å². The van der Waals surface area contributed by atoms with Crippen LogP contribution in [0.1, 0.15) is 5.56 Å². The third-order valence-electron chi connectivity index (χ3n) is 3.75. The summed E-state index contributed by atoms with van der Waals surface area (Å²) >= 11 is 0. The zero-order chi connectivity index (χ0) is 13.4. The second kappa shape index (κ2) is 4.35. The molecule has 3 N–H and O–H groups in total. The number of carbonyl (C=O) groups excluding carboxylic acids is 1. The molecule has 1 unspecified atom stereocenters. The summed E-state index contributed by atoms with van der Waals surface area (Å²) in [6.07, 6.45) is 0. The van der Waals surface area contributed by atoms with Crippen LogP contribution in [0.15, 0.2) is 18.2 Å². The Hall–Kier alpha value is -2.42. The highest BCUT2D eigenvalue weighted by molar-refractivity contribution is 5.77. The number of nitrogen functional groups attached to an aromatic ring is 1. The first kappa shape index (κ1) is 11.7. The molecule has 0 radical (unpaired) electrons. The number of hydrogen-bond acceptors (Lipinski definition) is 4. The number of amides is 2. The Kier molecular flexibility index (Phi) is 2.67. The molecular weight excluding hydrogens is 242 g/mol. The molecule has 0 aliphatic carbocycles. The van der Waals surface area contributed by atoms with Gasteiger partial charge >= 0.3 is 6.03 Å². The van der Waals surface area contributed by atoms with Gasteiger partial charge < -0.3 is 20.9 Å². The number of nitrogens with two attached hydrogens (primary N) is 1. The van der Waals surface area contributed by atoms with Gasteiger partial charge in [0, 0.05) is 31.9 Å². The van der Waals surface area contributed by atoms with Crippen molar-refractivity contribution in [2.24, 2.45) is 0 Å². The smallest absolute Gasteiger partial charge is 0.317 e. The van der Waals surface area contributed by atoms with Crippen LogP contribution < -0.4 is 16.0 Å². The van der Waals surface area contributed by atoms with Gasteiger partial charge in [0.05, 0.1) is 17.3 Å². The lowest BCUT2D eigenvalue weighted by molar-refractivity contribution is 0.197. The zero-order valence-electron chi connectivity index (χ0n) is 10.5. The van der Waals surface area contributed by atoms with E-state index in [0.29, 0.717) is 17.8 Å². The van der Waals surface area contributed by atoms with E-state index in [-0.39, 0.29) is 12.1 Å². The molecule has 1 atom stereocenters. The van der Waals surface area contributed by atoms with Crippen molar-refractivity contribution in [2.45, 2.75) is 6.04 Å². The van der Waals surface area contributed by atoms with Crippen LogP contribution in [0.3, 0.4) is 0 Å². The first-order valence-corrected chi connectivity index (χ1v) is 6.28. The molecule has 0 aromatic heterocycles. The predicted molar refractivity (Wildman–Crippen MR) is 71.7 cm³/mol. The van der Waals surface area contributed by atoms with Gasteiger partial charge in [0.15, 0.2) is 0 Å². The number of nitriles is 1. The van der Waals surface area contributed by atoms with Crippen LogP contribution in [0.25, 0.3) is 0 Å². The molecule has 2 aliphatic heterocycles. The molecule has 6 heteroatoms. The number of nitrogens with one attached hydrogen (secondary N) is 1. The highest BCUT2D eigenvalue weighted by atomic mass is 16.2. The molecule has 2 amide bonds. The van der Waals surface area contributed by atoms with Gasteiger partial charge in [-0.3, -0.25) is 0 Å². The number of hydrogen-bond donors (Lipinski definition) is 2. The maximum atomic E-state index is 11.5. The average molecular weight is 257 g/mol. The maximum Gasteiger partial charge on any atom is 0.317 e. The van der Waals surface area contributed by atoms with E-state index in [2.05, 4.69) is 16.3 Å². The van der Waals surface area contributed by atoms with Crippen LogP contribution in [-0.2, 0) is 0 Å². The molecule has 1 aromatic carbocycles. The fourth-order valence-electron chi connectivity index (χ4n) is 2.69. The van der Waals surface area contributed by atoms with E-state index in [1.807, 2.05) is 17.0 Å². The SMILES string of the molecule is N#Cc1ccc(N2CCN3C(=O)NCC3C2)cc1N. The number of carbonyl (C=O) groups is 1. The number of rotatable bonds is 1. The Balaban J connectivity index is 1.79. The summed E-state index contributed by atoms with van der Waals surface area (Å²) in [7, 11) is 0. The number of benzene rings is 1. The van der Waals surface area contributed by atoms with Crippen molar-refractivity contribution in [3.63, 3.8) is 0 Å². The van der Waals surface area contributed by atoms with E-state index in [1.165, 1.54) is 0 Å². The second-order valence-corrected chi connectivity index (χ2v) is 4.86. The van der Waals surface area contributed by atoms with Crippen molar-refractivity contribution in [1.29, 1.82) is 5.26 Å². The minimum atomic E-state index is 0.0315. The van der Waals surface area contributed by atoms with Crippen molar-refractivity contribution in [3.8, 4) is 6.07 Å². The number of urea groups is 1. The minimum Gasteiger partial charge on any atom is -0.398 e. The van der Waals surface area contributed by atoms with Gasteiger partial charge in [-0.25, -0.2) is 4.79 Å². The molecule has 0 spiro atoms. The van der Waals surface area contributed by atoms with Crippen LogP contribution in [0, 0.1) is 11.3 Å². The van der Waals surface area contributed by atoms with Gasteiger partial charge in [-0.2, -0.15) is 5.26 Å². The van der Waals surface area contributed by atoms with Gasteiger partial charge in [0.2, 0.25) is 0 Å². The number of piperazine rings is 1. The lowest BCUT2D eigenvalue weighted by Gasteiger charge is -2.37. The van der Waals surface area contributed by atoms with E-state index in [0.717, 1.165) is 25.3 Å². The Morgan fingerprint density at radius 2 is 2.26 bits per heavy atom. The summed E-state index contributed by atoms with van der Waals surface area (Å²) in [5.74, 6) is 0. The topological polar surface area (TPSA) is 85.4 Å². The fourth-order valence-corrected chi connectivity index (χ4v) is 2.69. The highest BCUT2D eigenvalue weighted by Crippen LogP contribution is 2.24. The summed E-state index contributed by atoms with van der Waals surface area (Å²) in [5, 5.41) is 11.7. The van der Waals surface area contributed by atoms with E-state index < -0.39 is 0 Å². The average Bonchev–Trinajstić information content (AvgIpc) is 2.80. The summed E-state index contributed by atoms with van der Waals surface area (Å²) < 4.78 is 0. The second-order valence-electron chi connectivity index (χ2n) is 4.86. The highest BCUT2D eigenvalue weighted by Gasteiger charge is 2.35. The molecule has 2 saturated heterocycles. The number of nitrogens with zero attached hydrogens (tertiary/aromatic N) is 3. The Bertz CT molecular complexity index is 565. The quantitative estimate of drug-likeness (QED) is 0.711. The van der Waals surface area contributed by atoms with E-state index in [1.54, 1.807) is 6.07 Å². The van der Waals surface area contributed by atoms with Gasteiger partial charge in [-0.05, 0) is 18.2 Å². The Morgan fingerprint density at radius 1 is 1.42 bits per heavy atom. The molecule has 6 nitrogen and oxygen atoms in total. The first-order valence-electron chi connectivity index (χ1n) is 6.28. The van der Waals surface area contributed by atoms with Crippen molar-refractivity contribution in [3.05, 3.63) is 23.8 Å². The van der Waals surface area contributed by atoms with E-state index in [9.17, 15) is 4.79 Å². The van der Waals surface area contributed by atoms with Crippen LogP contribution in [-0.4, -0.2) is 43.2 Å². The van der Waals surface area contributed by atoms with E-state index >= 15 is 0 Å². The monoisotopic (exact) mass is 257 g/mol. The van der Waals surface area contributed by atoms with Gasteiger partial charge in [-0.15, -0.1) is 0 Å². The Morgan fingerprint density at radius 3 is 3.00 bits per heavy atom. The molecule has 2 heterocycles. The zero-order valence-corrected chi connectivity index (χ0v) is 10.5. The van der Waals surface area contributed by atoms with Gasteiger partial charge in [0.25, 0.3) is 0 Å². The number of fused-ring (bicyclic) bond motifs is 1. The molecule has 1 aromatic rings. The van der Waals surface area contributed by atoms with Crippen molar-refractivity contribution in [2.75, 3.05) is 36.8 Å². The summed E-state index contributed by atoms with van der Waals surface area (Å²) in [4.78, 5) is 15.6. The summed E-state index contributed by atoms with van der Waals surface area (Å²) in [5.41, 5.74) is 7.85. The summed E-state index contributed by atoms with van der Waals surface area (Å²) in [6, 6.07) is 7.80. The number of anilines is 2. The minimum absolute atomic E-state index is 0.0315. The molecular formula is C13H15N5O. The van der Waals surface area contributed by atoms with Crippen LogP contribution >= 0.6 is 0 Å². The normalized spacial score (nSPS) is 21.8. The standard InChI is InChI=1S/C13H15N5O/c14-6-9-1-2-10(5-12(9)15)17-3-4-18-11(8-17)7-16-13(18)19/h1-2,5,11H,3-4,7-8,15H2,(H,16,19). The maximum absolute atomic E-state index is 11.5. The third-order valence-corrected chi connectivity index (χ3v) is 3.75. The molecule has 0 saturated carbocycles. The van der Waals surface area contributed by atoms with Crippen LogP contribution in [0.5, 0.6) is 0 Å². The van der Waals surface area contributed by atoms with Crippen molar-refractivity contribution >= 4 is 17.4 Å². The Labute approximate surface area is 111 Å². The van der Waals surface area contributed by atoms with Crippen molar-refractivity contribution < 1.29 is 4.79 Å². The molecule has 2 aliphatic rings. The fraction of sp³-hybridized carbons (Fsp3) is 0.385. The van der Waals surface area contributed by atoms with E-state index in [4.69, 9.17) is 11.0 Å². The summed E-state index contributed by atoms with van der Waals surface area (Å²) in [6.45, 7) is 3.00. The van der Waals surface area contributed by atoms with Crippen molar-refractivity contribution in [1.82, 2.24) is 10.2 Å². The van der Waals surface area contributed by atoms with Gasteiger partial charge in [-0.1, -0.05) is 0 Å². The predicted octanol–water partition coefficient (Wildman–Crippen LogP) is 0.354. The molecule has 98 valence electrons. The molecule has 0 bridgehead atoms. The largest absolute Gasteiger partial charge is 0.398 e.